The Labute approximate surface area is 155 Å². The predicted octanol–water partition coefficient (Wildman–Crippen LogP) is 1.90. The zero-order valence-corrected chi connectivity index (χ0v) is 14.3. The summed E-state index contributed by atoms with van der Waals surface area (Å²) < 4.78 is 0. The Hall–Kier alpha value is -3.48. The highest BCUT2D eigenvalue weighted by molar-refractivity contribution is 6.20. The zero-order valence-electron chi connectivity index (χ0n) is 14.3. The Kier molecular flexibility index (Phi) is 4.19. The van der Waals surface area contributed by atoms with Crippen LogP contribution in [0, 0.1) is 5.92 Å². The number of fused-ring (bicyclic) bond motifs is 1. The first-order valence-electron chi connectivity index (χ1n) is 8.60. The summed E-state index contributed by atoms with van der Waals surface area (Å²) in [5, 5.41) is 0.509. The number of carbonyl (C=O) groups excluding carboxylic acids is 4. The van der Waals surface area contributed by atoms with Gasteiger partial charge in [-0.2, -0.15) is 0 Å². The molecule has 2 aromatic rings. The van der Waals surface area contributed by atoms with Crippen molar-refractivity contribution in [3.63, 3.8) is 0 Å². The van der Waals surface area contributed by atoms with E-state index < -0.39 is 23.7 Å². The smallest absolute Gasteiger partial charge is 0.338 e. The van der Waals surface area contributed by atoms with Crippen molar-refractivity contribution in [2.24, 2.45) is 5.92 Å². The number of hydroxylamine groups is 2. The molecule has 0 bridgehead atoms. The van der Waals surface area contributed by atoms with E-state index in [-0.39, 0.29) is 23.6 Å². The van der Waals surface area contributed by atoms with Gasteiger partial charge in [0.25, 0.3) is 17.7 Å². The molecule has 0 spiro atoms. The summed E-state index contributed by atoms with van der Waals surface area (Å²) in [5.41, 5.74) is 0.970. The second-order valence-electron chi connectivity index (χ2n) is 6.46. The van der Waals surface area contributed by atoms with Crippen LogP contribution in [0.4, 0.5) is 0 Å². The van der Waals surface area contributed by atoms with Crippen molar-refractivity contribution in [2.75, 3.05) is 13.1 Å². The lowest BCUT2D eigenvalue weighted by Gasteiger charge is -2.17. The molecule has 27 heavy (non-hydrogen) atoms. The van der Waals surface area contributed by atoms with Crippen LogP contribution in [0.15, 0.2) is 54.6 Å². The van der Waals surface area contributed by atoms with Gasteiger partial charge < -0.3 is 9.74 Å². The molecule has 1 unspecified atom stereocenters. The molecule has 0 N–H and O–H groups in total. The monoisotopic (exact) mass is 364 g/mol. The standard InChI is InChI=1S/C20H16N2O5/c23-17(13-6-2-1-3-7-13)21-11-10-14(12-21)20(26)27-22-18(24)15-8-4-5-9-16(15)19(22)25/h1-9,14H,10-12H2. The largest absolute Gasteiger partial charge is 0.338 e. The molecule has 136 valence electrons. The SMILES string of the molecule is O=C(ON1C(=O)c2ccccc2C1=O)C1CCN(C(=O)c2ccccc2)C1. The Bertz CT molecular complexity index is 905. The summed E-state index contributed by atoms with van der Waals surface area (Å²) in [4.78, 5) is 56.1. The molecule has 2 aromatic carbocycles. The van der Waals surface area contributed by atoms with E-state index in [2.05, 4.69) is 0 Å². The van der Waals surface area contributed by atoms with Crippen LogP contribution in [-0.4, -0.2) is 46.7 Å². The molecule has 3 amide bonds. The number of benzene rings is 2. The number of nitrogens with zero attached hydrogens (tertiary/aromatic N) is 2. The molecule has 1 fully saturated rings. The van der Waals surface area contributed by atoms with Gasteiger partial charge in [0.05, 0.1) is 17.0 Å². The first-order chi connectivity index (χ1) is 13.1. The van der Waals surface area contributed by atoms with Crippen LogP contribution in [0.1, 0.15) is 37.5 Å². The number of carbonyl (C=O) groups is 4. The second kappa shape index (κ2) is 6.68. The van der Waals surface area contributed by atoms with Gasteiger partial charge in [0.2, 0.25) is 0 Å². The maximum Gasteiger partial charge on any atom is 0.338 e. The summed E-state index contributed by atoms with van der Waals surface area (Å²) in [6.45, 7) is 0.603. The van der Waals surface area contributed by atoms with Crippen LogP contribution in [0.2, 0.25) is 0 Å². The van der Waals surface area contributed by atoms with Gasteiger partial charge in [0.1, 0.15) is 0 Å². The number of hydrogen-bond donors (Lipinski definition) is 0. The minimum atomic E-state index is -0.687. The van der Waals surface area contributed by atoms with Gasteiger partial charge in [-0.05, 0) is 30.7 Å². The van der Waals surface area contributed by atoms with E-state index in [9.17, 15) is 19.2 Å². The molecule has 0 radical (unpaired) electrons. The van der Waals surface area contributed by atoms with E-state index >= 15 is 0 Å². The van der Waals surface area contributed by atoms with Gasteiger partial charge >= 0.3 is 5.97 Å². The summed E-state index contributed by atoms with van der Waals surface area (Å²) in [5.74, 6) is -2.74. The molecular weight excluding hydrogens is 348 g/mol. The molecule has 4 rings (SSSR count). The van der Waals surface area contributed by atoms with Crippen molar-refractivity contribution < 1.29 is 24.0 Å². The fourth-order valence-electron chi connectivity index (χ4n) is 3.31. The second-order valence-corrected chi connectivity index (χ2v) is 6.46. The van der Waals surface area contributed by atoms with Crippen LogP contribution in [0.5, 0.6) is 0 Å². The summed E-state index contributed by atoms with van der Waals surface area (Å²) in [7, 11) is 0. The van der Waals surface area contributed by atoms with Crippen molar-refractivity contribution >= 4 is 23.7 Å². The van der Waals surface area contributed by atoms with Gasteiger partial charge in [0.15, 0.2) is 0 Å². The van der Waals surface area contributed by atoms with E-state index in [1.807, 2.05) is 6.07 Å². The molecule has 1 saturated heterocycles. The molecule has 2 aliphatic heterocycles. The third kappa shape index (κ3) is 2.97. The number of rotatable bonds is 3. The minimum absolute atomic E-state index is 0.161. The lowest BCUT2D eigenvalue weighted by molar-refractivity contribution is -0.173. The topological polar surface area (TPSA) is 84.0 Å². The predicted molar refractivity (Wildman–Crippen MR) is 93.5 cm³/mol. The first-order valence-corrected chi connectivity index (χ1v) is 8.60. The van der Waals surface area contributed by atoms with Crippen LogP contribution in [0.3, 0.4) is 0 Å². The van der Waals surface area contributed by atoms with Gasteiger partial charge in [-0.25, -0.2) is 4.79 Å². The lowest BCUT2D eigenvalue weighted by Crippen LogP contribution is -2.36. The minimum Gasteiger partial charge on any atom is -0.338 e. The zero-order chi connectivity index (χ0) is 19.0. The Morgan fingerprint density at radius 1 is 0.889 bits per heavy atom. The maximum atomic E-state index is 12.5. The summed E-state index contributed by atoms with van der Waals surface area (Å²) in [6, 6.07) is 15.1. The lowest BCUT2D eigenvalue weighted by atomic mass is 10.1. The van der Waals surface area contributed by atoms with Gasteiger partial charge in [-0.1, -0.05) is 35.4 Å². The Morgan fingerprint density at radius 2 is 1.48 bits per heavy atom. The molecule has 7 heteroatoms. The van der Waals surface area contributed by atoms with Crippen LogP contribution < -0.4 is 0 Å². The van der Waals surface area contributed by atoms with Crippen LogP contribution >= 0.6 is 0 Å². The Balaban J connectivity index is 1.41. The third-order valence-corrected chi connectivity index (χ3v) is 4.77. The maximum absolute atomic E-state index is 12.5. The Morgan fingerprint density at radius 3 is 2.11 bits per heavy atom. The van der Waals surface area contributed by atoms with E-state index in [0.717, 1.165) is 0 Å². The average Bonchev–Trinajstić information content (AvgIpc) is 3.29. The van der Waals surface area contributed by atoms with Crippen LogP contribution in [-0.2, 0) is 9.63 Å². The molecule has 1 atom stereocenters. The quantitative estimate of drug-likeness (QED) is 0.777. The highest BCUT2D eigenvalue weighted by Gasteiger charge is 2.41. The van der Waals surface area contributed by atoms with Crippen molar-refractivity contribution in [1.29, 1.82) is 0 Å². The fraction of sp³-hybridized carbons (Fsp3) is 0.200. The molecule has 0 aliphatic carbocycles. The number of amides is 3. The molecule has 2 aliphatic rings. The highest BCUT2D eigenvalue weighted by Crippen LogP contribution is 2.25. The third-order valence-electron chi connectivity index (χ3n) is 4.77. The molecule has 0 aromatic heterocycles. The molecular formula is C20H16N2O5. The van der Waals surface area contributed by atoms with Gasteiger partial charge in [0, 0.05) is 18.7 Å². The van der Waals surface area contributed by atoms with E-state index in [1.165, 1.54) is 12.1 Å². The number of imide groups is 1. The number of hydrogen-bond acceptors (Lipinski definition) is 5. The molecule has 0 saturated carbocycles. The van der Waals surface area contributed by atoms with Crippen molar-refractivity contribution in [1.82, 2.24) is 9.96 Å². The normalized spacial score (nSPS) is 18.6. The first kappa shape index (κ1) is 17.0. The van der Waals surface area contributed by atoms with Crippen molar-refractivity contribution in [3.8, 4) is 0 Å². The fourth-order valence-corrected chi connectivity index (χ4v) is 3.31. The van der Waals surface area contributed by atoms with Crippen molar-refractivity contribution in [2.45, 2.75) is 6.42 Å². The van der Waals surface area contributed by atoms with E-state index in [4.69, 9.17) is 4.84 Å². The van der Waals surface area contributed by atoms with Crippen molar-refractivity contribution in [3.05, 3.63) is 71.3 Å². The number of likely N-dealkylation sites (tertiary alicyclic amines) is 1. The summed E-state index contributed by atoms with van der Waals surface area (Å²) >= 11 is 0. The van der Waals surface area contributed by atoms with Crippen LogP contribution in [0.25, 0.3) is 0 Å². The molecule has 7 nitrogen and oxygen atoms in total. The highest BCUT2D eigenvalue weighted by atomic mass is 16.7. The van der Waals surface area contributed by atoms with E-state index in [1.54, 1.807) is 41.3 Å². The van der Waals surface area contributed by atoms with Gasteiger partial charge in [-0.3, -0.25) is 14.4 Å². The van der Waals surface area contributed by atoms with E-state index in [0.29, 0.717) is 23.6 Å². The average molecular weight is 364 g/mol. The molecule has 2 heterocycles. The summed E-state index contributed by atoms with van der Waals surface area (Å²) in [6.07, 6.45) is 0.417. The van der Waals surface area contributed by atoms with Gasteiger partial charge in [-0.15, -0.1) is 0 Å².